The van der Waals surface area contributed by atoms with Crippen LogP contribution in [0.5, 0.6) is 0 Å². The fraction of sp³-hybridized carbons (Fsp3) is 0.455. The maximum Gasteiger partial charge on any atom is 0.124 e. The monoisotopic (exact) mass is 215 g/mol. The fourth-order valence-electron chi connectivity index (χ4n) is 1.58. The lowest BCUT2D eigenvalue weighted by atomic mass is 9.84. The van der Waals surface area contributed by atoms with Gasteiger partial charge in [0.2, 0.25) is 0 Å². The van der Waals surface area contributed by atoms with Gasteiger partial charge in [0.05, 0.1) is 0 Å². The first-order valence-corrected chi connectivity index (χ1v) is 4.95. The molecule has 0 unspecified atom stereocenters. The molecular formula is C11H15ClFN. The van der Waals surface area contributed by atoms with E-state index in [1.165, 1.54) is 12.1 Å². The summed E-state index contributed by atoms with van der Waals surface area (Å²) in [6, 6.07) is 4.54. The van der Waals surface area contributed by atoms with Crippen LogP contribution in [0, 0.1) is 5.82 Å². The van der Waals surface area contributed by atoms with Crippen LogP contribution in [0.15, 0.2) is 18.2 Å². The van der Waals surface area contributed by atoms with E-state index in [0.717, 1.165) is 12.1 Å². The fourth-order valence-corrected chi connectivity index (χ4v) is 2.00. The Morgan fingerprint density at radius 3 is 2.57 bits per heavy atom. The van der Waals surface area contributed by atoms with Crippen LogP contribution >= 0.6 is 11.6 Å². The van der Waals surface area contributed by atoms with Gasteiger partial charge in [0.15, 0.2) is 0 Å². The van der Waals surface area contributed by atoms with E-state index >= 15 is 0 Å². The average Bonchev–Trinajstić information content (AvgIpc) is 2.02. The van der Waals surface area contributed by atoms with Crippen molar-refractivity contribution < 1.29 is 4.39 Å². The first-order chi connectivity index (χ1) is 6.47. The molecular weight excluding hydrogens is 201 g/mol. The van der Waals surface area contributed by atoms with E-state index in [1.807, 2.05) is 7.05 Å². The zero-order chi connectivity index (χ0) is 10.8. The van der Waals surface area contributed by atoms with E-state index in [0.29, 0.717) is 5.02 Å². The van der Waals surface area contributed by atoms with Crippen LogP contribution < -0.4 is 5.32 Å². The maximum absolute atomic E-state index is 12.8. The van der Waals surface area contributed by atoms with Gasteiger partial charge >= 0.3 is 0 Å². The highest BCUT2D eigenvalue weighted by molar-refractivity contribution is 6.31. The summed E-state index contributed by atoms with van der Waals surface area (Å²) in [5.41, 5.74) is 0.884. The second-order valence-corrected chi connectivity index (χ2v) is 4.45. The van der Waals surface area contributed by atoms with Crippen molar-refractivity contribution in [1.29, 1.82) is 0 Å². The summed E-state index contributed by atoms with van der Waals surface area (Å²) in [6.07, 6.45) is 0. The van der Waals surface area contributed by atoms with Gasteiger partial charge in [0.1, 0.15) is 5.82 Å². The summed E-state index contributed by atoms with van der Waals surface area (Å²) < 4.78 is 12.8. The maximum atomic E-state index is 12.8. The van der Waals surface area contributed by atoms with Crippen LogP contribution in [0.1, 0.15) is 19.4 Å². The van der Waals surface area contributed by atoms with E-state index in [4.69, 9.17) is 11.6 Å². The Labute approximate surface area is 89.3 Å². The third kappa shape index (κ3) is 2.46. The number of nitrogens with one attached hydrogen (secondary N) is 1. The summed E-state index contributed by atoms with van der Waals surface area (Å²) in [5, 5.41) is 3.59. The van der Waals surface area contributed by atoms with Gasteiger partial charge in [-0.2, -0.15) is 0 Å². The highest BCUT2D eigenvalue weighted by Gasteiger charge is 2.22. The molecule has 78 valence electrons. The summed E-state index contributed by atoms with van der Waals surface area (Å²) in [7, 11) is 1.89. The minimum Gasteiger partial charge on any atom is -0.319 e. The van der Waals surface area contributed by atoms with Crippen molar-refractivity contribution in [3.8, 4) is 0 Å². The van der Waals surface area contributed by atoms with Crippen LogP contribution in [0.25, 0.3) is 0 Å². The molecule has 0 saturated carbocycles. The molecule has 0 aliphatic carbocycles. The van der Waals surface area contributed by atoms with Crippen molar-refractivity contribution in [2.45, 2.75) is 19.3 Å². The van der Waals surface area contributed by atoms with Gasteiger partial charge in [-0.05, 0) is 24.7 Å². The van der Waals surface area contributed by atoms with Gasteiger partial charge < -0.3 is 5.32 Å². The summed E-state index contributed by atoms with van der Waals surface area (Å²) >= 11 is 5.98. The van der Waals surface area contributed by atoms with Gasteiger partial charge in [-0.3, -0.25) is 0 Å². The third-order valence-electron chi connectivity index (χ3n) is 2.28. The Morgan fingerprint density at radius 2 is 2.07 bits per heavy atom. The molecule has 0 heterocycles. The van der Waals surface area contributed by atoms with Crippen LogP contribution in [-0.4, -0.2) is 13.6 Å². The molecule has 1 aromatic rings. The highest BCUT2D eigenvalue weighted by Crippen LogP contribution is 2.29. The van der Waals surface area contributed by atoms with Crippen molar-refractivity contribution >= 4 is 11.6 Å². The van der Waals surface area contributed by atoms with E-state index < -0.39 is 0 Å². The third-order valence-corrected chi connectivity index (χ3v) is 2.59. The molecule has 1 N–H and O–H groups in total. The molecule has 1 rings (SSSR count). The number of rotatable bonds is 3. The Kier molecular flexibility index (Phi) is 3.51. The predicted octanol–water partition coefficient (Wildman–Crippen LogP) is 2.98. The number of benzene rings is 1. The van der Waals surface area contributed by atoms with Crippen molar-refractivity contribution in [3.05, 3.63) is 34.6 Å². The van der Waals surface area contributed by atoms with Crippen LogP contribution in [0.4, 0.5) is 4.39 Å². The van der Waals surface area contributed by atoms with E-state index in [-0.39, 0.29) is 11.2 Å². The lowest BCUT2D eigenvalue weighted by Gasteiger charge is -2.25. The SMILES string of the molecule is CNCC(C)(C)c1ccc(F)cc1Cl. The molecule has 0 atom stereocenters. The van der Waals surface area contributed by atoms with E-state index in [1.54, 1.807) is 6.07 Å². The first kappa shape index (κ1) is 11.5. The molecule has 14 heavy (non-hydrogen) atoms. The van der Waals surface area contributed by atoms with Crippen molar-refractivity contribution in [2.24, 2.45) is 0 Å². The second kappa shape index (κ2) is 4.28. The van der Waals surface area contributed by atoms with Gasteiger partial charge in [-0.15, -0.1) is 0 Å². The Balaban J connectivity index is 3.06. The molecule has 3 heteroatoms. The Bertz CT molecular complexity index is 323. The summed E-state index contributed by atoms with van der Waals surface area (Å²) in [5.74, 6) is -0.293. The largest absolute Gasteiger partial charge is 0.319 e. The average molecular weight is 216 g/mol. The summed E-state index contributed by atoms with van der Waals surface area (Å²) in [4.78, 5) is 0. The smallest absolute Gasteiger partial charge is 0.124 e. The van der Waals surface area contributed by atoms with Crippen molar-refractivity contribution in [1.82, 2.24) is 5.32 Å². The molecule has 0 saturated heterocycles. The number of hydrogen-bond donors (Lipinski definition) is 1. The van der Waals surface area contributed by atoms with Crippen molar-refractivity contribution in [3.63, 3.8) is 0 Å². The molecule has 0 aliphatic rings. The zero-order valence-corrected chi connectivity index (χ0v) is 9.45. The van der Waals surface area contributed by atoms with Gasteiger partial charge in [0.25, 0.3) is 0 Å². The molecule has 0 bridgehead atoms. The lowest BCUT2D eigenvalue weighted by Crippen LogP contribution is -2.31. The highest BCUT2D eigenvalue weighted by atomic mass is 35.5. The van der Waals surface area contributed by atoms with Crippen LogP contribution in [0.3, 0.4) is 0 Å². The van der Waals surface area contributed by atoms with E-state index in [2.05, 4.69) is 19.2 Å². The zero-order valence-electron chi connectivity index (χ0n) is 8.70. The lowest BCUT2D eigenvalue weighted by molar-refractivity contribution is 0.493. The molecule has 0 radical (unpaired) electrons. The minimum absolute atomic E-state index is 0.0838. The van der Waals surface area contributed by atoms with Gasteiger partial charge in [0, 0.05) is 17.0 Å². The number of hydrogen-bond acceptors (Lipinski definition) is 1. The number of halogens is 2. The molecule has 1 aromatic carbocycles. The van der Waals surface area contributed by atoms with E-state index in [9.17, 15) is 4.39 Å². The minimum atomic E-state index is -0.293. The topological polar surface area (TPSA) is 12.0 Å². The predicted molar refractivity (Wildman–Crippen MR) is 58.4 cm³/mol. The van der Waals surface area contributed by atoms with Crippen molar-refractivity contribution in [2.75, 3.05) is 13.6 Å². The second-order valence-electron chi connectivity index (χ2n) is 4.04. The quantitative estimate of drug-likeness (QED) is 0.818. The molecule has 0 fully saturated rings. The Hall–Kier alpha value is -0.600. The molecule has 1 nitrogen and oxygen atoms in total. The Morgan fingerprint density at radius 1 is 1.43 bits per heavy atom. The van der Waals surface area contributed by atoms with Gasteiger partial charge in [-0.1, -0.05) is 31.5 Å². The molecule has 0 spiro atoms. The van der Waals surface area contributed by atoms with Gasteiger partial charge in [-0.25, -0.2) is 4.39 Å². The normalized spacial score (nSPS) is 11.8. The molecule has 0 aliphatic heterocycles. The first-order valence-electron chi connectivity index (χ1n) is 4.57. The standard InChI is InChI=1S/C11H15ClFN/c1-11(2,7-14-3)9-5-4-8(13)6-10(9)12/h4-6,14H,7H2,1-3H3. The van der Waals surface area contributed by atoms with Crippen LogP contribution in [0.2, 0.25) is 5.02 Å². The number of likely N-dealkylation sites (N-methyl/N-ethyl adjacent to an activating group) is 1. The van der Waals surface area contributed by atoms with Crippen LogP contribution in [-0.2, 0) is 5.41 Å². The molecule has 0 amide bonds. The molecule has 0 aromatic heterocycles. The summed E-state index contributed by atoms with van der Waals surface area (Å²) in [6.45, 7) is 4.95.